The lowest BCUT2D eigenvalue weighted by molar-refractivity contribution is 0.0171. The highest BCUT2D eigenvalue weighted by Crippen LogP contribution is 2.28. The van der Waals surface area contributed by atoms with Crippen molar-refractivity contribution in [3.8, 4) is 0 Å². The van der Waals surface area contributed by atoms with Crippen molar-refractivity contribution in [2.75, 3.05) is 66.1 Å². The maximum Gasteiger partial charge on any atom is 0.142 e. The van der Waals surface area contributed by atoms with E-state index in [9.17, 15) is 4.57 Å². The Morgan fingerprint density at radius 3 is 2.11 bits per heavy atom. The van der Waals surface area contributed by atoms with Crippen molar-refractivity contribution in [1.29, 1.82) is 0 Å². The molecule has 8 nitrogen and oxygen atoms in total. The van der Waals surface area contributed by atoms with Crippen LogP contribution < -0.4 is 5.09 Å². The predicted molar refractivity (Wildman–Crippen MR) is 73.9 cm³/mol. The fourth-order valence-electron chi connectivity index (χ4n) is 1.08. The highest BCUT2D eigenvalue weighted by molar-refractivity contribution is 7.60. The number of hydrogen-bond acceptors (Lipinski definition) is 5. The van der Waals surface area contributed by atoms with Gasteiger partial charge in [-0.3, -0.25) is 5.09 Å². The summed E-state index contributed by atoms with van der Waals surface area (Å²) < 4.78 is 27.0. The van der Waals surface area contributed by atoms with Gasteiger partial charge in [-0.05, 0) is 5.53 Å². The molecule has 0 radical (unpaired) electrons. The fraction of sp³-hybridized carbons (Fsp3) is 1.00. The molecule has 0 unspecified atom stereocenters. The molecular formula is C10H23N4O4P. The van der Waals surface area contributed by atoms with E-state index in [1.54, 1.807) is 13.3 Å². The summed E-state index contributed by atoms with van der Waals surface area (Å²) in [5.41, 5.74) is 8.02. The van der Waals surface area contributed by atoms with Crippen molar-refractivity contribution in [1.82, 2.24) is 5.09 Å². The van der Waals surface area contributed by atoms with Gasteiger partial charge in [0.25, 0.3) is 0 Å². The van der Waals surface area contributed by atoms with Crippen LogP contribution in [0.15, 0.2) is 5.11 Å². The van der Waals surface area contributed by atoms with Crippen molar-refractivity contribution in [2.45, 2.75) is 0 Å². The molecule has 1 N–H and O–H groups in total. The Labute approximate surface area is 113 Å². The maximum absolute atomic E-state index is 11.3. The number of ether oxygens (including phenoxy) is 3. The van der Waals surface area contributed by atoms with E-state index in [0.717, 1.165) is 0 Å². The smallest absolute Gasteiger partial charge is 0.142 e. The maximum atomic E-state index is 11.3. The summed E-state index contributed by atoms with van der Waals surface area (Å²) in [6.07, 6.45) is 0. The van der Waals surface area contributed by atoms with Crippen molar-refractivity contribution >= 4 is 7.29 Å². The molecule has 0 rings (SSSR count). The zero-order valence-electron chi connectivity index (χ0n) is 11.6. The van der Waals surface area contributed by atoms with Crippen molar-refractivity contribution in [3.63, 3.8) is 0 Å². The van der Waals surface area contributed by atoms with Gasteiger partial charge >= 0.3 is 0 Å². The lowest BCUT2D eigenvalue weighted by Crippen LogP contribution is -2.18. The monoisotopic (exact) mass is 294 g/mol. The molecular weight excluding hydrogens is 271 g/mol. The molecule has 0 aromatic carbocycles. The van der Waals surface area contributed by atoms with Crippen LogP contribution in [0.25, 0.3) is 10.4 Å². The van der Waals surface area contributed by atoms with Crippen LogP contribution in [-0.4, -0.2) is 66.1 Å². The molecule has 0 saturated carbocycles. The Balaban J connectivity index is 3.07. The van der Waals surface area contributed by atoms with E-state index >= 15 is 0 Å². The highest BCUT2D eigenvalue weighted by Gasteiger charge is 2.03. The summed E-state index contributed by atoms with van der Waals surface area (Å²) in [5.74, 6) is 0. The topological polar surface area (TPSA) is 106 Å². The van der Waals surface area contributed by atoms with Gasteiger partial charge in [-0.15, -0.1) is 0 Å². The summed E-state index contributed by atoms with van der Waals surface area (Å²) in [5, 5.41) is 6.23. The quantitative estimate of drug-likeness (QED) is 0.182. The molecule has 0 aromatic rings. The van der Waals surface area contributed by atoms with E-state index in [-0.39, 0.29) is 0 Å². The van der Waals surface area contributed by atoms with E-state index in [0.29, 0.717) is 52.7 Å². The SMILES string of the molecule is CP(C)(=O)NCCOCCOCCOCCN=[N+]=[N-]. The van der Waals surface area contributed by atoms with Crippen LogP contribution >= 0.6 is 7.29 Å². The van der Waals surface area contributed by atoms with Crippen LogP contribution in [0, 0.1) is 0 Å². The molecule has 0 fully saturated rings. The number of hydrogen-bond donors (Lipinski definition) is 1. The second kappa shape index (κ2) is 12.4. The van der Waals surface area contributed by atoms with Crippen molar-refractivity contribution < 1.29 is 18.8 Å². The van der Waals surface area contributed by atoms with Gasteiger partial charge in [-0.2, -0.15) is 0 Å². The lowest BCUT2D eigenvalue weighted by atomic mass is 10.7. The first-order valence-corrected chi connectivity index (χ1v) is 8.70. The van der Waals surface area contributed by atoms with Gasteiger partial charge < -0.3 is 18.8 Å². The first-order valence-electron chi connectivity index (χ1n) is 6.10. The van der Waals surface area contributed by atoms with Crippen molar-refractivity contribution in [2.24, 2.45) is 5.11 Å². The van der Waals surface area contributed by atoms with Crippen molar-refractivity contribution in [3.05, 3.63) is 10.4 Å². The summed E-state index contributed by atoms with van der Waals surface area (Å²) in [6, 6.07) is 0. The highest BCUT2D eigenvalue weighted by atomic mass is 31.2. The number of rotatable bonds is 13. The normalized spacial score (nSPS) is 11.3. The lowest BCUT2D eigenvalue weighted by Gasteiger charge is -2.09. The molecule has 19 heavy (non-hydrogen) atoms. The molecule has 112 valence electrons. The first-order chi connectivity index (χ1) is 9.06. The second-order valence-corrected chi connectivity index (χ2v) is 7.07. The third-order valence-corrected chi connectivity index (χ3v) is 2.87. The Bertz CT molecular complexity index is 304. The third kappa shape index (κ3) is 17.4. The molecule has 0 bridgehead atoms. The van der Waals surface area contributed by atoms with Crippen LogP contribution in [0.1, 0.15) is 0 Å². The largest absolute Gasteiger partial charge is 0.379 e. The summed E-state index contributed by atoms with van der Waals surface area (Å²) >= 11 is 0. The zero-order valence-corrected chi connectivity index (χ0v) is 12.5. The summed E-state index contributed by atoms with van der Waals surface area (Å²) in [6.45, 7) is 7.14. The van der Waals surface area contributed by atoms with E-state index in [1.165, 1.54) is 0 Å². The van der Waals surface area contributed by atoms with Crippen LogP contribution in [-0.2, 0) is 18.8 Å². The summed E-state index contributed by atoms with van der Waals surface area (Å²) in [7, 11) is -2.16. The number of azide groups is 1. The third-order valence-electron chi connectivity index (χ3n) is 1.88. The van der Waals surface area contributed by atoms with Crippen LogP contribution in [0.3, 0.4) is 0 Å². The molecule has 0 aliphatic rings. The molecule has 0 aromatic heterocycles. The molecule has 0 amide bonds. The van der Waals surface area contributed by atoms with Gasteiger partial charge in [-0.25, -0.2) is 0 Å². The Morgan fingerprint density at radius 1 is 1.05 bits per heavy atom. The average Bonchev–Trinajstić information content (AvgIpc) is 2.34. The van der Waals surface area contributed by atoms with Gasteiger partial charge in [0.1, 0.15) is 7.29 Å². The Hall–Kier alpha value is -0.620. The van der Waals surface area contributed by atoms with Gasteiger partial charge in [0, 0.05) is 31.3 Å². The van der Waals surface area contributed by atoms with Crippen LogP contribution in [0.5, 0.6) is 0 Å². The predicted octanol–water partition coefficient (Wildman–Crippen LogP) is 1.47. The number of nitrogens with zero attached hydrogens (tertiary/aromatic N) is 3. The van der Waals surface area contributed by atoms with Gasteiger partial charge in [0.2, 0.25) is 0 Å². The molecule has 0 aliphatic carbocycles. The minimum absolute atomic E-state index is 0.339. The Morgan fingerprint density at radius 2 is 1.58 bits per heavy atom. The van der Waals surface area contributed by atoms with Crippen LogP contribution in [0.4, 0.5) is 0 Å². The molecule has 0 spiro atoms. The van der Waals surface area contributed by atoms with E-state index < -0.39 is 7.29 Å². The Kier molecular flexibility index (Phi) is 12.0. The van der Waals surface area contributed by atoms with Gasteiger partial charge in [0.05, 0.1) is 39.6 Å². The van der Waals surface area contributed by atoms with Crippen LogP contribution in [0.2, 0.25) is 0 Å². The molecule has 0 heterocycles. The fourth-order valence-corrected chi connectivity index (χ4v) is 1.71. The van der Waals surface area contributed by atoms with E-state index in [2.05, 4.69) is 15.1 Å². The second-order valence-electron chi connectivity index (χ2n) is 4.05. The molecule has 0 aliphatic heterocycles. The van der Waals surface area contributed by atoms with Gasteiger partial charge in [0.15, 0.2) is 0 Å². The average molecular weight is 294 g/mol. The standard InChI is InChI=1S/C10H23N4O4P/c1-19(2,15)13-4-6-17-8-10-18-9-7-16-5-3-12-14-11/h3-10H2,1-2H3,(H,13,15). The molecule has 9 heteroatoms. The minimum Gasteiger partial charge on any atom is -0.379 e. The minimum atomic E-state index is -2.16. The number of nitrogens with one attached hydrogen (secondary N) is 1. The zero-order chi connectivity index (χ0) is 14.4. The molecule has 0 saturated heterocycles. The molecule has 0 atom stereocenters. The van der Waals surface area contributed by atoms with E-state index in [4.69, 9.17) is 19.7 Å². The van der Waals surface area contributed by atoms with Gasteiger partial charge in [-0.1, -0.05) is 5.11 Å². The van der Waals surface area contributed by atoms with E-state index in [1.807, 2.05) is 0 Å². The first kappa shape index (κ1) is 18.4. The summed E-state index contributed by atoms with van der Waals surface area (Å²) in [4.78, 5) is 2.61.